The minimum absolute atomic E-state index is 2.75. The summed E-state index contributed by atoms with van der Waals surface area (Å²) in [6.45, 7) is 0. The molecule has 0 saturated carbocycles. The third-order valence-corrected chi connectivity index (χ3v) is 1.74. The fourth-order valence-electron chi connectivity index (χ4n) is 0.762. The van der Waals surface area contributed by atoms with Crippen LogP contribution in [0.5, 0.6) is 0 Å². The lowest BCUT2D eigenvalue weighted by atomic mass is 12.3. The zero-order valence-electron chi connectivity index (χ0n) is 20.8. The van der Waals surface area contributed by atoms with E-state index in [1.54, 1.807) is 0 Å². The Hall–Kier alpha value is -9.20. The Morgan fingerprint density at radius 2 is 0.174 bits per heavy atom. The number of hydrogen-bond acceptors (Lipinski definition) is 2. The summed E-state index contributed by atoms with van der Waals surface area (Å²) in [6, 6.07) is 0. The van der Waals surface area contributed by atoms with Crippen molar-refractivity contribution >= 4 is 0 Å². The van der Waals surface area contributed by atoms with E-state index in [0.717, 1.165) is 0 Å². The van der Waals surface area contributed by atoms with Crippen LogP contribution in [0.4, 0.5) is 0 Å². The molecule has 0 heterocycles. The molecule has 0 rings (SSSR count). The van der Waals surface area contributed by atoms with Crippen molar-refractivity contribution in [3.8, 4) is 0 Å². The highest BCUT2D eigenvalue weighted by Gasteiger charge is 1.74. The van der Waals surface area contributed by atoms with Crippen LogP contribution >= 0.6 is 0 Å². The molecule has 46 nitrogen and oxygen atoms in total. The van der Waals surface area contributed by atoms with Crippen LogP contribution in [0.3, 0.4) is 0 Å². The van der Waals surface area contributed by atoms with Gasteiger partial charge in [-0.3, -0.25) is 0 Å². The van der Waals surface area contributed by atoms with Crippen molar-refractivity contribution in [3.05, 3.63) is 0 Å². The monoisotopic (exact) mass is 648 g/mol. The highest BCUT2D eigenvalue weighted by atomic mass is 15.7. The molecule has 4 N–H and O–H groups in total. The fourth-order valence-corrected chi connectivity index (χ4v) is 0.762. The summed E-state index contributed by atoms with van der Waals surface area (Å²) in [7, 11) is 0. The Kier molecular flexibility index (Phi) is 28.6. The van der Waals surface area contributed by atoms with Crippen LogP contribution in [0.25, 0.3) is 0 Å². The molecule has 234 valence electrons. The molecule has 0 atom stereocenters. The second-order valence-corrected chi connectivity index (χ2v) is 3.99. The van der Waals surface area contributed by atoms with Gasteiger partial charge in [0.15, 0.2) is 0 Å². The van der Waals surface area contributed by atoms with E-state index in [4.69, 9.17) is 0 Å². The van der Waals surface area contributed by atoms with Crippen molar-refractivity contribution < 1.29 is 0 Å². The summed E-state index contributed by atoms with van der Waals surface area (Å²) in [5.41, 5.74) is 0. The zero-order chi connectivity index (χ0) is 33.1. The highest BCUT2D eigenvalue weighted by Crippen LogP contribution is 1.92. The molecular weight excluding hydrogens is 644 g/mol. The summed E-state index contributed by atoms with van der Waals surface area (Å²) in [4.78, 5) is 0. The fraction of sp³-hybridized carbons (Fsp3) is 0. The normalized spacial score (nSPS) is 15.4. The van der Waals surface area contributed by atoms with E-state index in [2.05, 4.69) is 242 Å². The smallest absolute Gasteiger partial charge is 0 e. The number of rotatable bonds is 21. The first-order valence-corrected chi connectivity index (χ1v) is 9.12. The quantitative estimate of drug-likeness (QED) is 0.0761. The Labute approximate surface area is 242 Å². The zero-order valence-corrected chi connectivity index (χ0v) is 20.8. The third-order valence-electron chi connectivity index (χ3n) is 1.74. The van der Waals surface area contributed by atoms with Gasteiger partial charge >= 0.3 is 0 Å². The molecule has 46 heteroatoms. The van der Waals surface area contributed by atoms with Gasteiger partial charge in [-0.25, -0.2) is 0 Å². The van der Waals surface area contributed by atoms with Crippen LogP contribution in [0.2, 0.25) is 0 Å². The van der Waals surface area contributed by atoms with Crippen LogP contribution < -0.4 is 11.7 Å². The molecule has 0 aliphatic heterocycles. The second kappa shape index (κ2) is 35.8. The molecule has 0 amide bonds. The van der Waals surface area contributed by atoms with Crippen LogP contribution in [0.15, 0.2) is 230 Å². The van der Waals surface area contributed by atoms with E-state index in [-0.39, 0.29) is 0 Å². The van der Waals surface area contributed by atoms with E-state index in [0.29, 0.717) is 0 Å². The van der Waals surface area contributed by atoms with Gasteiger partial charge in [-0.05, 0) is 73.1 Å². The minimum atomic E-state index is 2.75. The van der Waals surface area contributed by atoms with Crippen molar-refractivity contribution in [3.63, 3.8) is 0 Å². The van der Waals surface area contributed by atoms with E-state index >= 15 is 0 Å². The molecule has 0 unspecified atom stereocenters. The first-order valence-electron chi connectivity index (χ1n) is 9.12. The first-order chi connectivity index (χ1) is 22.9. The molecule has 0 aromatic carbocycles. The van der Waals surface area contributed by atoms with Crippen LogP contribution in [-0.2, 0) is 0 Å². The van der Waals surface area contributed by atoms with Gasteiger partial charge in [0.1, 0.15) is 0 Å². The van der Waals surface area contributed by atoms with Crippen molar-refractivity contribution in [1.82, 2.24) is 0 Å². The lowest BCUT2D eigenvalue weighted by molar-refractivity contribution is 0.725. The van der Waals surface area contributed by atoms with Crippen molar-refractivity contribution in [2.24, 2.45) is 242 Å². The predicted molar refractivity (Wildman–Crippen MR) is 115 cm³/mol. The lowest BCUT2D eigenvalue weighted by Gasteiger charge is -1.70. The number of hydrogen-bond donors (Lipinski definition) is 2. The molecule has 0 saturated heterocycles. The maximum Gasteiger partial charge on any atom is 0 e. The molecule has 0 aliphatic carbocycles. The second-order valence-electron chi connectivity index (χ2n) is 3.99. The molecule has 0 bridgehead atoms. The Bertz CT molecular complexity index is 1290. The Morgan fingerprint density at radius 1 is 0.109 bits per heavy atom. The van der Waals surface area contributed by atoms with Crippen molar-refractivity contribution in [2.45, 2.75) is 0 Å². The summed E-state index contributed by atoms with van der Waals surface area (Å²) in [6.07, 6.45) is 0. The third kappa shape index (κ3) is 34.8. The van der Waals surface area contributed by atoms with Crippen LogP contribution in [0, 0.1) is 0 Å². The van der Waals surface area contributed by atoms with Gasteiger partial charge in [0.05, 0.1) is 0 Å². The highest BCUT2D eigenvalue weighted by molar-refractivity contribution is 4.17. The van der Waals surface area contributed by atoms with E-state index in [1.165, 1.54) is 0 Å². The first kappa shape index (κ1) is 36.8. The maximum atomic E-state index is 4.62. The molecule has 0 fully saturated rings. The topological polar surface area (TPSA) is 596 Å². The Balaban J connectivity index is 4.04. The summed E-state index contributed by atoms with van der Waals surface area (Å²) in [5.74, 6) is 9.25. The van der Waals surface area contributed by atoms with Gasteiger partial charge in [-0.2, -0.15) is 0 Å². The molecule has 0 radical (unpaired) electrons. The maximum absolute atomic E-state index is 4.62. The van der Waals surface area contributed by atoms with Crippen molar-refractivity contribution in [2.75, 3.05) is 0 Å². The number of nitrogens with two attached hydrogens (primary N) is 2. The van der Waals surface area contributed by atoms with E-state index in [1.807, 2.05) is 0 Å². The SMILES string of the molecule is N/N=N/N=N/N=N/N=N/N=N/N=N/N=N/N=N/N=N/N=N/N=N/N=N/N=N/N=N/N=N/N=N/N=N/N=N/N=N/N=N/N=N/N=N/N. The van der Waals surface area contributed by atoms with E-state index < -0.39 is 0 Å². The van der Waals surface area contributed by atoms with Gasteiger partial charge in [0.25, 0.3) is 0 Å². The van der Waals surface area contributed by atoms with E-state index in [9.17, 15) is 0 Å². The van der Waals surface area contributed by atoms with Crippen LogP contribution in [0.1, 0.15) is 0 Å². The van der Waals surface area contributed by atoms with Gasteiger partial charge in [-0.15, -0.1) is 0 Å². The summed E-state index contributed by atoms with van der Waals surface area (Å²) in [5, 5.41) is 131. The molecule has 0 aliphatic rings. The molecule has 46 heavy (non-hydrogen) atoms. The van der Waals surface area contributed by atoms with Gasteiger partial charge < -0.3 is 11.7 Å². The van der Waals surface area contributed by atoms with Crippen LogP contribution in [-0.4, -0.2) is 0 Å². The largest absolute Gasteiger partial charge is 0.303 e. The van der Waals surface area contributed by atoms with Gasteiger partial charge in [0, 0.05) is 146 Å². The molecular formula is H4N46. The summed E-state index contributed by atoms with van der Waals surface area (Å²) < 4.78 is 0. The molecule has 0 aromatic heterocycles. The van der Waals surface area contributed by atoms with Gasteiger partial charge in [-0.1, -0.05) is 10.4 Å². The Morgan fingerprint density at radius 3 is 0.239 bits per heavy atom. The number of nitrogens with zero attached hydrogens (tertiary/aromatic N) is 44. The average Bonchev–Trinajstić information content (AvgIpc) is 3.07. The standard InChI is InChI=1S/H4N46/c1-3-5-7-9-11-13-15-17-19-21-23-25-27-29-31-33-35-37-39-41-43-45-46-44-42-40-38-36-34-32-30-28-26-24-22-20-18-16-14-12-10-8-6-4-2/h(H2,1,4,5,8,9,12,13,16,17,20,21,24,25,28,29,32,33,36,37,40,41,44,45)(H2,2,3,6,7,10,11,14,15,18,19,22,23,26,27,30,31,34,35,38,39,42,43,46). The summed E-state index contributed by atoms with van der Waals surface area (Å²) >= 11 is 0. The average molecular weight is 648 g/mol. The lowest BCUT2D eigenvalue weighted by Crippen LogP contribution is -1.70. The minimum Gasteiger partial charge on any atom is -0.303 e. The molecule has 0 aromatic rings. The van der Waals surface area contributed by atoms with Gasteiger partial charge in [0.2, 0.25) is 0 Å². The molecule has 0 spiro atoms. The van der Waals surface area contributed by atoms with Crippen molar-refractivity contribution in [1.29, 1.82) is 0 Å². The predicted octanol–water partition coefficient (Wildman–Crippen LogP) is 6.90.